The van der Waals surface area contributed by atoms with Crippen LogP contribution < -0.4 is 4.74 Å². The number of hydrogen-bond acceptors (Lipinski definition) is 4. The van der Waals surface area contributed by atoms with Crippen LogP contribution in [0.25, 0.3) is 0 Å². The lowest BCUT2D eigenvalue weighted by Crippen LogP contribution is -2.47. The molecule has 0 aliphatic carbocycles. The van der Waals surface area contributed by atoms with Gasteiger partial charge in [0.2, 0.25) is 10.0 Å². The fourth-order valence-corrected chi connectivity index (χ4v) is 5.01. The van der Waals surface area contributed by atoms with E-state index < -0.39 is 10.0 Å². The van der Waals surface area contributed by atoms with Gasteiger partial charge in [0.1, 0.15) is 5.75 Å². The van der Waals surface area contributed by atoms with Crippen molar-refractivity contribution in [1.82, 2.24) is 9.21 Å². The number of benzene rings is 1. The second-order valence-corrected chi connectivity index (χ2v) is 8.80. The largest absolute Gasteiger partial charge is 0.497 e. The van der Waals surface area contributed by atoms with E-state index in [0.717, 1.165) is 31.7 Å². The fraction of sp³-hybridized carbons (Fsp3) is 0.611. The molecule has 3 rings (SSSR count). The second kappa shape index (κ2) is 8.71. The van der Waals surface area contributed by atoms with Crippen molar-refractivity contribution in [1.29, 1.82) is 0 Å². The maximum absolute atomic E-state index is 12.8. The predicted octanol–water partition coefficient (Wildman–Crippen LogP) is 3.16. The van der Waals surface area contributed by atoms with Gasteiger partial charge in [-0.25, -0.2) is 8.42 Å². The molecule has 5 nitrogen and oxygen atoms in total. The van der Waals surface area contributed by atoms with Crippen LogP contribution in [0.4, 0.5) is 0 Å². The van der Waals surface area contributed by atoms with Crippen LogP contribution in [0.3, 0.4) is 0 Å². The fourth-order valence-electron chi connectivity index (χ4n) is 3.54. The van der Waals surface area contributed by atoms with Gasteiger partial charge in [0.05, 0.1) is 12.0 Å². The lowest BCUT2D eigenvalue weighted by molar-refractivity contribution is 0.134. The van der Waals surface area contributed by atoms with Gasteiger partial charge in [-0.2, -0.15) is 10.7 Å². The van der Waals surface area contributed by atoms with Crippen molar-refractivity contribution in [3.05, 3.63) is 30.8 Å². The lowest BCUT2D eigenvalue weighted by Gasteiger charge is -2.48. The summed E-state index contributed by atoms with van der Waals surface area (Å²) in [7, 11) is -1.82. The van der Waals surface area contributed by atoms with E-state index in [1.807, 2.05) is 0 Å². The molecule has 1 aromatic carbocycles. The number of ether oxygens (including phenoxy) is 1. The summed E-state index contributed by atoms with van der Waals surface area (Å²) >= 11 is 0. The highest BCUT2D eigenvalue weighted by Gasteiger charge is 2.30. The van der Waals surface area contributed by atoms with E-state index in [2.05, 4.69) is 18.4 Å². The summed E-state index contributed by atoms with van der Waals surface area (Å²) in [6.45, 7) is 6.92. The third kappa shape index (κ3) is 4.67. The Kier molecular flexibility index (Phi) is 7.14. The molecule has 2 heterocycles. The van der Waals surface area contributed by atoms with Crippen molar-refractivity contribution in [3.8, 4) is 5.75 Å². The van der Waals surface area contributed by atoms with Crippen molar-refractivity contribution >= 4 is 22.4 Å². The van der Waals surface area contributed by atoms with Crippen LogP contribution in [0, 0.1) is 12.5 Å². The Labute approximate surface area is 157 Å². The molecule has 1 aromatic rings. The van der Waals surface area contributed by atoms with Crippen molar-refractivity contribution in [2.75, 3.05) is 26.7 Å². The minimum absolute atomic E-state index is 0. The zero-order valence-corrected chi connectivity index (χ0v) is 16.6. The summed E-state index contributed by atoms with van der Waals surface area (Å²) < 4.78 is 32.3. The second-order valence-electron chi connectivity index (χ2n) is 6.86. The van der Waals surface area contributed by atoms with Gasteiger partial charge in [-0.15, -0.1) is 12.4 Å². The number of piperidine rings is 2. The van der Waals surface area contributed by atoms with Gasteiger partial charge >= 0.3 is 0 Å². The van der Waals surface area contributed by atoms with E-state index in [1.165, 1.54) is 6.42 Å². The molecule has 1 unspecified atom stereocenters. The lowest BCUT2D eigenvalue weighted by atomic mass is 9.95. The Balaban J connectivity index is 0.00000225. The van der Waals surface area contributed by atoms with Crippen LogP contribution >= 0.6 is 12.4 Å². The van der Waals surface area contributed by atoms with Crippen LogP contribution in [-0.2, 0) is 10.0 Å². The highest BCUT2D eigenvalue weighted by atomic mass is 35.5. The summed E-state index contributed by atoms with van der Waals surface area (Å²) in [5.41, 5.74) is 0. The van der Waals surface area contributed by atoms with Gasteiger partial charge in [-0.1, -0.05) is 12.8 Å². The summed E-state index contributed by atoms with van der Waals surface area (Å²) in [5.74, 6) is 1.44. The van der Waals surface area contributed by atoms with E-state index in [-0.39, 0.29) is 12.4 Å². The highest BCUT2D eigenvalue weighted by molar-refractivity contribution is 7.89. The molecular weight excluding hydrogens is 360 g/mol. The zero-order valence-electron chi connectivity index (χ0n) is 14.9. The first-order chi connectivity index (χ1) is 11.5. The number of likely N-dealkylation sites (tertiary alicyclic amines) is 1. The van der Waals surface area contributed by atoms with Gasteiger partial charge in [-0.05, 0) is 56.1 Å². The van der Waals surface area contributed by atoms with Crippen LogP contribution in [0.1, 0.15) is 32.6 Å². The van der Waals surface area contributed by atoms with Gasteiger partial charge < -0.3 is 9.64 Å². The third-order valence-corrected chi connectivity index (χ3v) is 7.12. The number of rotatable bonds is 4. The molecule has 7 heteroatoms. The maximum atomic E-state index is 12.8. The van der Waals surface area contributed by atoms with Crippen LogP contribution in [-0.4, -0.2) is 50.4 Å². The van der Waals surface area contributed by atoms with Crippen molar-refractivity contribution in [2.45, 2.75) is 43.5 Å². The molecule has 0 N–H and O–H groups in total. The number of sulfonamides is 1. The molecule has 0 radical (unpaired) electrons. The van der Waals surface area contributed by atoms with Crippen molar-refractivity contribution in [3.63, 3.8) is 0 Å². The first-order valence-electron chi connectivity index (χ1n) is 8.74. The monoisotopic (exact) mass is 387 g/mol. The average molecular weight is 388 g/mol. The number of hydrogen-bond donors (Lipinski definition) is 0. The number of methoxy groups -OCH3 is 1. The first kappa shape index (κ1) is 20.5. The molecule has 2 fully saturated rings. The van der Waals surface area contributed by atoms with Crippen LogP contribution in [0.15, 0.2) is 29.2 Å². The maximum Gasteiger partial charge on any atom is 0.243 e. The van der Waals surface area contributed by atoms with Crippen molar-refractivity contribution < 1.29 is 13.2 Å². The van der Waals surface area contributed by atoms with Gasteiger partial charge in [0.25, 0.3) is 0 Å². The summed E-state index contributed by atoms with van der Waals surface area (Å²) in [6, 6.07) is 7.13. The van der Waals surface area contributed by atoms with E-state index in [9.17, 15) is 8.42 Å². The van der Waals surface area contributed by atoms with Crippen LogP contribution in [0.2, 0.25) is 0 Å². The Hall–Kier alpha value is -0.820. The summed E-state index contributed by atoms with van der Waals surface area (Å²) in [4.78, 5) is 2.79. The summed E-state index contributed by atoms with van der Waals surface area (Å²) in [6.07, 6.45) is 4.19. The molecule has 2 aliphatic heterocycles. The average Bonchev–Trinajstić information content (AvgIpc) is 2.62. The number of nitrogens with zero attached hydrogens (tertiary/aromatic N) is 2. The quantitative estimate of drug-likeness (QED) is 0.744. The van der Waals surface area contributed by atoms with Gasteiger partial charge in [0, 0.05) is 13.1 Å². The Morgan fingerprint density at radius 3 is 2.24 bits per heavy atom. The topological polar surface area (TPSA) is 49.9 Å². The molecule has 25 heavy (non-hydrogen) atoms. The van der Waals surface area contributed by atoms with Gasteiger partial charge in [-0.3, -0.25) is 6.54 Å². The van der Waals surface area contributed by atoms with E-state index in [4.69, 9.17) is 4.74 Å². The highest BCUT2D eigenvalue weighted by Crippen LogP contribution is 2.28. The van der Waals surface area contributed by atoms with E-state index in [0.29, 0.717) is 29.8 Å². The Morgan fingerprint density at radius 2 is 1.72 bits per heavy atom. The van der Waals surface area contributed by atoms with Crippen molar-refractivity contribution in [2.24, 2.45) is 5.92 Å². The van der Waals surface area contributed by atoms with E-state index in [1.54, 1.807) is 35.7 Å². The third-order valence-electron chi connectivity index (χ3n) is 5.21. The normalized spacial score (nSPS) is 23.8. The molecule has 2 aliphatic rings. The molecule has 0 saturated carbocycles. The smallest absolute Gasteiger partial charge is 0.243 e. The molecule has 0 bridgehead atoms. The van der Waals surface area contributed by atoms with E-state index >= 15 is 0 Å². The molecule has 2 saturated heterocycles. The minimum atomic E-state index is -3.40. The van der Waals surface area contributed by atoms with Crippen LogP contribution in [0.5, 0.6) is 5.75 Å². The first-order valence-corrected chi connectivity index (χ1v) is 10.2. The Morgan fingerprint density at radius 1 is 1.08 bits per heavy atom. The standard InChI is InChI=1S/C18H27N2O3S.ClH/c1-15-7-11-19(12-8-15)16-9-13-20(14-10-16)24(21,22)18-5-3-17(23-2)4-6-18;/h3-6,11,15-16H,7-10,12-14H2,1-2H3;1H/q-1;. The number of halogens is 1. The molecular formula is C18H28ClN2O3S-. The molecule has 142 valence electrons. The predicted molar refractivity (Wildman–Crippen MR) is 101 cm³/mol. The van der Waals surface area contributed by atoms with Gasteiger partial charge in [0.15, 0.2) is 0 Å². The molecule has 0 spiro atoms. The molecule has 1 atom stereocenters. The molecule has 0 amide bonds. The summed E-state index contributed by atoms with van der Waals surface area (Å²) in [5, 5.41) is 0. The SMILES string of the molecule is COc1ccc(S(=O)(=O)N2CCC(N3[CH-]CC(C)CC3)CC2)cc1.Cl. The molecule has 0 aromatic heterocycles. The minimum Gasteiger partial charge on any atom is -0.497 e. The zero-order chi connectivity index (χ0) is 17.2. The Bertz CT molecular complexity index is 635.